The highest BCUT2D eigenvalue weighted by atomic mass is 16.5. The molecule has 14 heavy (non-hydrogen) atoms. The fourth-order valence-electron chi connectivity index (χ4n) is 1.73. The van der Waals surface area contributed by atoms with Crippen LogP contribution in [-0.2, 0) is 11.8 Å². The summed E-state index contributed by atoms with van der Waals surface area (Å²) in [6, 6.07) is 0. The van der Waals surface area contributed by atoms with Gasteiger partial charge in [0.25, 0.3) is 0 Å². The summed E-state index contributed by atoms with van der Waals surface area (Å²) in [7, 11) is 0. The van der Waals surface area contributed by atoms with E-state index in [1.54, 1.807) is 0 Å². The second-order valence-electron chi connectivity index (χ2n) is 4.79. The molecule has 0 radical (unpaired) electrons. The standard InChI is InChI=1S/C11H16N2O/c1-7-8-5-6-14-9(8)10(13-12-7)11(2,3)4/h5-6H2,1-4H3. The van der Waals surface area contributed by atoms with Gasteiger partial charge in [0.15, 0.2) is 0 Å². The zero-order chi connectivity index (χ0) is 10.3. The fourth-order valence-corrected chi connectivity index (χ4v) is 1.73. The molecule has 0 saturated heterocycles. The molecule has 0 atom stereocenters. The normalized spacial score (nSPS) is 15.1. The Morgan fingerprint density at radius 3 is 2.57 bits per heavy atom. The summed E-state index contributed by atoms with van der Waals surface area (Å²) in [4.78, 5) is 0. The molecule has 3 heteroatoms. The molecule has 0 spiro atoms. The zero-order valence-electron chi connectivity index (χ0n) is 9.22. The number of rotatable bonds is 0. The molecule has 0 amide bonds. The highest BCUT2D eigenvalue weighted by molar-refractivity contribution is 5.44. The monoisotopic (exact) mass is 192 g/mol. The van der Waals surface area contributed by atoms with Gasteiger partial charge in [0.05, 0.1) is 12.3 Å². The summed E-state index contributed by atoms with van der Waals surface area (Å²) in [6.45, 7) is 9.16. The topological polar surface area (TPSA) is 35.0 Å². The minimum Gasteiger partial charge on any atom is -0.491 e. The van der Waals surface area contributed by atoms with Crippen molar-refractivity contribution in [3.63, 3.8) is 0 Å². The van der Waals surface area contributed by atoms with Gasteiger partial charge < -0.3 is 4.74 Å². The van der Waals surface area contributed by atoms with Crippen LogP contribution in [0.2, 0.25) is 0 Å². The molecule has 3 nitrogen and oxygen atoms in total. The summed E-state index contributed by atoms with van der Waals surface area (Å²) >= 11 is 0. The maximum atomic E-state index is 5.63. The number of fused-ring (bicyclic) bond motifs is 1. The van der Waals surface area contributed by atoms with Crippen LogP contribution in [0, 0.1) is 6.92 Å². The van der Waals surface area contributed by atoms with Gasteiger partial charge in [-0.3, -0.25) is 0 Å². The van der Waals surface area contributed by atoms with Crippen LogP contribution in [0.3, 0.4) is 0 Å². The number of aromatic nitrogens is 2. The lowest BCUT2D eigenvalue weighted by Gasteiger charge is -2.19. The largest absolute Gasteiger partial charge is 0.491 e. The van der Waals surface area contributed by atoms with Gasteiger partial charge in [-0.2, -0.15) is 10.2 Å². The average molecular weight is 192 g/mol. The van der Waals surface area contributed by atoms with Crippen molar-refractivity contribution in [3.8, 4) is 5.75 Å². The Kier molecular flexibility index (Phi) is 1.98. The van der Waals surface area contributed by atoms with E-state index in [0.29, 0.717) is 0 Å². The third-order valence-corrected chi connectivity index (χ3v) is 2.53. The molecule has 1 aromatic rings. The predicted octanol–water partition coefficient (Wildman–Crippen LogP) is 2.02. The van der Waals surface area contributed by atoms with E-state index >= 15 is 0 Å². The molecule has 0 aliphatic carbocycles. The lowest BCUT2D eigenvalue weighted by Crippen LogP contribution is -2.16. The van der Waals surface area contributed by atoms with E-state index in [9.17, 15) is 0 Å². The highest BCUT2D eigenvalue weighted by Crippen LogP contribution is 2.36. The van der Waals surface area contributed by atoms with Crippen molar-refractivity contribution in [1.29, 1.82) is 0 Å². The number of hydrogen-bond donors (Lipinski definition) is 0. The predicted molar refractivity (Wildman–Crippen MR) is 54.7 cm³/mol. The van der Waals surface area contributed by atoms with Crippen LogP contribution >= 0.6 is 0 Å². The van der Waals surface area contributed by atoms with Gasteiger partial charge in [-0.15, -0.1) is 0 Å². The van der Waals surface area contributed by atoms with Crippen LogP contribution in [0.15, 0.2) is 0 Å². The van der Waals surface area contributed by atoms with E-state index in [1.807, 2.05) is 6.92 Å². The molecule has 1 aromatic heterocycles. The van der Waals surface area contributed by atoms with Crippen molar-refractivity contribution in [2.24, 2.45) is 0 Å². The van der Waals surface area contributed by atoms with E-state index in [2.05, 4.69) is 31.0 Å². The molecule has 0 N–H and O–H groups in total. The van der Waals surface area contributed by atoms with Gasteiger partial charge in [-0.1, -0.05) is 20.8 Å². The molecule has 76 valence electrons. The summed E-state index contributed by atoms with van der Waals surface area (Å²) in [6.07, 6.45) is 0.972. The fraction of sp³-hybridized carbons (Fsp3) is 0.636. The molecule has 0 aromatic carbocycles. The first-order valence-corrected chi connectivity index (χ1v) is 4.99. The second kappa shape index (κ2) is 2.94. The summed E-state index contributed by atoms with van der Waals surface area (Å²) in [5, 5.41) is 8.43. The third-order valence-electron chi connectivity index (χ3n) is 2.53. The van der Waals surface area contributed by atoms with Gasteiger partial charge in [0, 0.05) is 17.4 Å². The summed E-state index contributed by atoms with van der Waals surface area (Å²) in [5.41, 5.74) is 3.24. The summed E-state index contributed by atoms with van der Waals surface area (Å²) < 4.78 is 5.63. The first kappa shape index (κ1) is 9.44. The van der Waals surface area contributed by atoms with Crippen LogP contribution < -0.4 is 4.74 Å². The smallest absolute Gasteiger partial charge is 0.148 e. The van der Waals surface area contributed by atoms with E-state index in [0.717, 1.165) is 30.2 Å². The van der Waals surface area contributed by atoms with Gasteiger partial charge in [-0.05, 0) is 6.92 Å². The Morgan fingerprint density at radius 2 is 1.93 bits per heavy atom. The molecule has 2 rings (SSSR count). The van der Waals surface area contributed by atoms with Crippen LogP contribution in [0.5, 0.6) is 5.75 Å². The van der Waals surface area contributed by atoms with E-state index in [1.165, 1.54) is 5.56 Å². The van der Waals surface area contributed by atoms with Gasteiger partial charge >= 0.3 is 0 Å². The quantitative estimate of drug-likeness (QED) is 0.630. The first-order valence-electron chi connectivity index (χ1n) is 4.99. The number of ether oxygens (including phenoxy) is 1. The van der Waals surface area contributed by atoms with Crippen molar-refractivity contribution in [2.45, 2.75) is 39.5 Å². The maximum Gasteiger partial charge on any atom is 0.148 e. The van der Waals surface area contributed by atoms with Crippen molar-refractivity contribution in [3.05, 3.63) is 17.0 Å². The Hall–Kier alpha value is -1.12. The molecule has 0 unspecified atom stereocenters. The Morgan fingerprint density at radius 1 is 1.21 bits per heavy atom. The van der Waals surface area contributed by atoms with Crippen molar-refractivity contribution in [2.75, 3.05) is 6.61 Å². The van der Waals surface area contributed by atoms with Gasteiger partial charge in [0.1, 0.15) is 11.4 Å². The number of hydrogen-bond acceptors (Lipinski definition) is 3. The molecular weight excluding hydrogens is 176 g/mol. The lowest BCUT2D eigenvalue weighted by atomic mass is 9.90. The van der Waals surface area contributed by atoms with Crippen molar-refractivity contribution in [1.82, 2.24) is 10.2 Å². The minimum absolute atomic E-state index is 0.00905. The first-order chi connectivity index (χ1) is 6.50. The minimum atomic E-state index is 0.00905. The van der Waals surface area contributed by atoms with Crippen molar-refractivity contribution >= 4 is 0 Å². The van der Waals surface area contributed by atoms with Crippen LogP contribution in [0.4, 0.5) is 0 Å². The van der Waals surface area contributed by atoms with Gasteiger partial charge in [0.2, 0.25) is 0 Å². The lowest BCUT2D eigenvalue weighted by molar-refractivity contribution is 0.343. The molecule has 0 fully saturated rings. The molecular formula is C11H16N2O. The van der Waals surface area contributed by atoms with E-state index in [4.69, 9.17) is 4.74 Å². The molecule has 1 aliphatic rings. The zero-order valence-corrected chi connectivity index (χ0v) is 9.22. The summed E-state index contributed by atoms with van der Waals surface area (Å²) in [5.74, 6) is 0.977. The SMILES string of the molecule is Cc1nnc(C(C)(C)C)c2c1CCO2. The molecule has 0 saturated carbocycles. The Balaban J connectivity index is 2.60. The Labute approximate surface area is 84.5 Å². The van der Waals surface area contributed by atoms with Gasteiger partial charge in [-0.25, -0.2) is 0 Å². The van der Waals surface area contributed by atoms with Crippen LogP contribution in [-0.4, -0.2) is 16.8 Å². The number of nitrogens with zero attached hydrogens (tertiary/aromatic N) is 2. The third kappa shape index (κ3) is 1.37. The Bertz CT molecular complexity index is 366. The molecule has 0 bridgehead atoms. The van der Waals surface area contributed by atoms with E-state index in [-0.39, 0.29) is 5.41 Å². The number of aryl methyl sites for hydroxylation is 1. The van der Waals surface area contributed by atoms with E-state index < -0.39 is 0 Å². The molecule has 1 aliphatic heterocycles. The average Bonchev–Trinajstić information content (AvgIpc) is 2.50. The van der Waals surface area contributed by atoms with Crippen LogP contribution in [0.25, 0.3) is 0 Å². The second-order valence-corrected chi connectivity index (χ2v) is 4.79. The maximum absolute atomic E-state index is 5.63. The van der Waals surface area contributed by atoms with Crippen LogP contribution in [0.1, 0.15) is 37.7 Å². The molecule has 2 heterocycles. The highest BCUT2D eigenvalue weighted by Gasteiger charge is 2.28. The van der Waals surface area contributed by atoms with Crippen molar-refractivity contribution < 1.29 is 4.74 Å².